The highest BCUT2D eigenvalue weighted by Gasteiger charge is 2.07. The van der Waals surface area contributed by atoms with Crippen molar-refractivity contribution in [2.75, 3.05) is 17.7 Å². The van der Waals surface area contributed by atoms with Crippen LogP contribution >= 0.6 is 23.8 Å². The highest BCUT2D eigenvalue weighted by atomic mass is 35.5. The topological polar surface area (TPSA) is 70.6 Å². The molecule has 2 aromatic carbocycles. The van der Waals surface area contributed by atoms with E-state index >= 15 is 0 Å². The van der Waals surface area contributed by atoms with Crippen LogP contribution in [0.4, 0.5) is 11.4 Å². The van der Waals surface area contributed by atoms with Gasteiger partial charge in [0.05, 0.1) is 18.4 Å². The van der Waals surface area contributed by atoms with Crippen molar-refractivity contribution >= 4 is 46.3 Å². The zero-order chi connectivity index (χ0) is 16.1. The molecule has 3 N–H and O–H groups in total. The Balaban J connectivity index is 2.12. The molecule has 0 unspecified atom stereocenters. The summed E-state index contributed by atoms with van der Waals surface area (Å²) in [5.74, 6) is -0.410. The van der Waals surface area contributed by atoms with Gasteiger partial charge in [0, 0.05) is 10.7 Å². The second kappa shape index (κ2) is 7.11. The van der Waals surface area contributed by atoms with Crippen LogP contribution in [0.5, 0.6) is 5.75 Å². The Bertz CT molecular complexity index is 722. The van der Waals surface area contributed by atoms with Crippen molar-refractivity contribution in [3.8, 4) is 5.75 Å². The number of benzene rings is 2. The van der Waals surface area contributed by atoms with Gasteiger partial charge in [-0.3, -0.25) is 0 Å². The van der Waals surface area contributed by atoms with Crippen LogP contribution < -0.4 is 15.4 Å². The summed E-state index contributed by atoms with van der Waals surface area (Å²) in [6.07, 6.45) is 0. The fraction of sp³-hybridized carbons (Fsp3) is 0.0667. The van der Waals surface area contributed by atoms with Gasteiger partial charge in [-0.25, -0.2) is 4.79 Å². The maximum Gasteiger partial charge on any atom is 0.335 e. The number of halogens is 1. The molecule has 0 spiro atoms. The summed E-state index contributed by atoms with van der Waals surface area (Å²) in [6.45, 7) is 0. The number of ether oxygens (including phenoxy) is 1. The fourth-order valence-corrected chi connectivity index (χ4v) is 2.19. The van der Waals surface area contributed by atoms with Crippen molar-refractivity contribution < 1.29 is 14.6 Å². The average Bonchev–Trinajstić information content (AvgIpc) is 2.47. The van der Waals surface area contributed by atoms with Crippen LogP contribution in [0.25, 0.3) is 0 Å². The van der Waals surface area contributed by atoms with E-state index < -0.39 is 5.97 Å². The van der Waals surface area contributed by atoms with E-state index in [4.69, 9.17) is 33.7 Å². The first-order valence-corrected chi connectivity index (χ1v) is 7.03. The van der Waals surface area contributed by atoms with Gasteiger partial charge in [0.1, 0.15) is 5.75 Å². The van der Waals surface area contributed by atoms with Gasteiger partial charge in [-0.1, -0.05) is 17.7 Å². The molecule has 0 radical (unpaired) electrons. The number of anilines is 2. The second-order valence-electron chi connectivity index (χ2n) is 4.31. The molecule has 22 heavy (non-hydrogen) atoms. The quantitative estimate of drug-likeness (QED) is 0.737. The lowest BCUT2D eigenvalue weighted by atomic mass is 10.2. The normalized spacial score (nSPS) is 9.91. The molecule has 0 fully saturated rings. The zero-order valence-corrected chi connectivity index (χ0v) is 13.2. The molecule has 0 heterocycles. The molecule has 0 saturated heterocycles. The van der Waals surface area contributed by atoms with Crippen LogP contribution in [0.1, 0.15) is 10.4 Å². The molecule has 0 amide bonds. The predicted molar refractivity (Wildman–Crippen MR) is 91.2 cm³/mol. The van der Waals surface area contributed by atoms with E-state index in [0.29, 0.717) is 27.3 Å². The average molecular weight is 337 g/mol. The van der Waals surface area contributed by atoms with E-state index in [9.17, 15) is 4.79 Å². The Morgan fingerprint density at radius 3 is 2.68 bits per heavy atom. The van der Waals surface area contributed by atoms with Crippen LogP contribution in [-0.2, 0) is 0 Å². The number of hydrogen-bond donors (Lipinski definition) is 3. The molecule has 0 aliphatic rings. The largest absolute Gasteiger partial charge is 0.495 e. The minimum Gasteiger partial charge on any atom is -0.495 e. The molecular formula is C15H13ClN2O3S. The SMILES string of the molecule is COc1ccc(Cl)cc1NC(=S)Nc1cccc(C(=O)O)c1. The third kappa shape index (κ3) is 4.09. The third-order valence-corrected chi connectivity index (χ3v) is 3.22. The number of rotatable bonds is 4. The molecule has 0 aromatic heterocycles. The molecule has 0 atom stereocenters. The van der Waals surface area contributed by atoms with Crippen LogP contribution in [-0.4, -0.2) is 23.3 Å². The number of thiocarbonyl (C=S) groups is 1. The third-order valence-electron chi connectivity index (χ3n) is 2.78. The van der Waals surface area contributed by atoms with Crippen molar-refractivity contribution in [1.82, 2.24) is 0 Å². The van der Waals surface area contributed by atoms with Crippen molar-refractivity contribution in [3.05, 3.63) is 53.1 Å². The van der Waals surface area contributed by atoms with Crippen molar-refractivity contribution in [2.24, 2.45) is 0 Å². The van der Waals surface area contributed by atoms with Crippen molar-refractivity contribution in [3.63, 3.8) is 0 Å². The molecule has 0 aliphatic carbocycles. The molecule has 5 nitrogen and oxygen atoms in total. The zero-order valence-electron chi connectivity index (χ0n) is 11.6. The summed E-state index contributed by atoms with van der Waals surface area (Å²) in [5, 5.41) is 15.7. The van der Waals surface area contributed by atoms with Gasteiger partial charge in [-0.05, 0) is 48.6 Å². The number of carboxylic acid groups (broad SMARTS) is 1. The first-order valence-electron chi connectivity index (χ1n) is 6.24. The summed E-state index contributed by atoms with van der Waals surface area (Å²) in [7, 11) is 1.54. The van der Waals surface area contributed by atoms with Gasteiger partial charge in [-0.15, -0.1) is 0 Å². The maximum atomic E-state index is 10.9. The Labute approximate surface area is 137 Å². The lowest BCUT2D eigenvalue weighted by Crippen LogP contribution is -2.19. The molecule has 2 rings (SSSR count). The second-order valence-corrected chi connectivity index (χ2v) is 5.15. The Hall–Kier alpha value is -2.31. The van der Waals surface area contributed by atoms with Gasteiger partial charge < -0.3 is 20.5 Å². The van der Waals surface area contributed by atoms with E-state index in [1.54, 1.807) is 37.4 Å². The predicted octanol–water partition coefficient (Wildman–Crippen LogP) is 3.86. The first kappa shape index (κ1) is 16.1. The molecule has 0 aliphatic heterocycles. The van der Waals surface area contributed by atoms with E-state index in [1.807, 2.05) is 0 Å². The van der Waals surface area contributed by atoms with Crippen LogP contribution in [0.15, 0.2) is 42.5 Å². The summed E-state index contributed by atoms with van der Waals surface area (Å²) in [6, 6.07) is 11.5. The molecule has 0 saturated carbocycles. The van der Waals surface area contributed by atoms with E-state index in [-0.39, 0.29) is 5.56 Å². The van der Waals surface area contributed by atoms with Crippen LogP contribution in [0.3, 0.4) is 0 Å². The number of hydrogen-bond acceptors (Lipinski definition) is 3. The van der Waals surface area contributed by atoms with Gasteiger partial charge in [-0.2, -0.15) is 0 Å². The number of aromatic carboxylic acids is 1. The van der Waals surface area contributed by atoms with Gasteiger partial charge in [0.2, 0.25) is 0 Å². The number of carbonyl (C=O) groups is 1. The Morgan fingerprint density at radius 1 is 1.23 bits per heavy atom. The Morgan fingerprint density at radius 2 is 2.00 bits per heavy atom. The monoisotopic (exact) mass is 336 g/mol. The summed E-state index contributed by atoms with van der Waals surface area (Å²) < 4.78 is 5.22. The molecule has 0 bridgehead atoms. The standard InChI is InChI=1S/C15H13ClN2O3S/c1-21-13-6-5-10(16)8-12(13)18-15(22)17-11-4-2-3-9(7-11)14(19)20/h2-8H,1H3,(H,19,20)(H2,17,18,22). The smallest absolute Gasteiger partial charge is 0.335 e. The lowest BCUT2D eigenvalue weighted by molar-refractivity contribution is 0.0697. The molecular weight excluding hydrogens is 324 g/mol. The first-order chi connectivity index (χ1) is 10.5. The van der Waals surface area contributed by atoms with E-state index in [2.05, 4.69) is 10.6 Å². The van der Waals surface area contributed by atoms with Gasteiger partial charge in [0.25, 0.3) is 0 Å². The highest BCUT2D eigenvalue weighted by Crippen LogP contribution is 2.27. The number of methoxy groups -OCH3 is 1. The van der Waals surface area contributed by atoms with Crippen LogP contribution in [0.2, 0.25) is 5.02 Å². The maximum absolute atomic E-state index is 10.9. The Kier molecular flexibility index (Phi) is 5.19. The minimum atomic E-state index is -1.00. The van der Waals surface area contributed by atoms with E-state index in [1.165, 1.54) is 12.1 Å². The van der Waals surface area contributed by atoms with E-state index in [0.717, 1.165) is 0 Å². The fourth-order valence-electron chi connectivity index (χ4n) is 1.79. The molecule has 2 aromatic rings. The summed E-state index contributed by atoms with van der Waals surface area (Å²) >= 11 is 11.2. The molecule has 114 valence electrons. The van der Waals surface area contributed by atoms with Crippen molar-refractivity contribution in [1.29, 1.82) is 0 Å². The summed E-state index contributed by atoms with van der Waals surface area (Å²) in [5.41, 5.74) is 1.36. The number of nitrogens with one attached hydrogen (secondary N) is 2. The van der Waals surface area contributed by atoms with Gasteiger partial charge in [0.15, 0.2) is 5.11 Å². The van der Waals surface area contributed by atoms with Crippen molar-refractivity contribution in [2.45, 2.75) is 0 Å². The molecule has 7 heteroatoms. The lowest BCUT2D eigenvalue weighted by Gasteiger charge is -2.14. The minimum absolute atomic E-state index is 0.174. The van der Waals surface area contributed by atoms with Crippen LogP contribution in [0, 0.1) is 0 Å². The van der Waals surface area contributed by atoms with Gasteiger partial charge >= 0.3 is 5.97 Å². The highest BCUT2D eigenvalue weighted by molar-refractivity contribution is 7.80. The number of carboxylic acids is 1. The summed E-state index contributed by atoms with van der Waals surface area (Å²) in [4.78, 5) is 10.9.